The molecule has 5 heteroatoms. The molecular formula is C16H19N3O2. The molecule has 2 amide bonds. The summed E-state index contributed by atoms with van der Waals surface area (Å²) in [5.74, 6) is 1.23. The summed E-state index contributed by atoms with van der Waals surface area (Å²) in [7, 11) is 0. The number of amides is 2. The van der Waals surface area contributed by atoms with E-state index in [1.54, 1.807) is 12.3 Å². The number of ether oxygens (including phenoxy) is 1. The van der Waals surface area contributed by atoms with Gasteiger partial charge in [-0.2, -0.15) is 0 Å². The summed E-state index contributed by atoms with van der Waals surface area (Å²) in [6, 6.07) is 9.09. The minimum Gasteiger partial charge on any atom is -0.473 e. The monoisotopic (exact) mass is 285 g/mol. The summed E-state index contributed by atoms with van der Waals surface area (Å²) in [4.78, 5) is 15.8. The van der Waals surface area contributed by atoms with Crippen LogP contribution in [0.25, 0.3) is 0 Å². The Morgan fingerprint density at radius 2 is 1.95 bits per heavy atom. The first-order valence-corrected chi connectivity index (χ1v) is 6.72. The van der Waals surface area contributed by atoms with Gasteiger partial charge in [0.2, 0.25) is 0 Å². The Morgan fingerprint density at radius 1 is 1.14 bits per heavy atom. The summed E-state index contributed by atoms with van der Waals surface area (Å²) in [6.07, 6.45) is 1.70. The number of anilines is 1. The lowest BCUT2D eigenvalue weighted by molar-refractivity contribution is 0.234. The summed E-state index contributed by atoms with van der Waals surface area (Å²) in [5, 5.41) is 5.25. The van der Waals surface area contributed by atoms with Crippen molar-refractivity contribution < 1.29 is 9.53 Å². The molecule has 0 aliphatic carbocycles. The van der Waals surface area contributed by atoms with Crippen molar-refractivity contribution in [2.75, 3.05) is 12.0 Å². The average Bonchev–Trinajstić information content (AvgIpc) is 2.45. The van der Waals surface area contributed by atoms with Crippen LogP contribution in [0.1, 0.15) is 16.7 Å². The first kappa shape index (κ1) is 14.8. The van der Waals surface area contributed by atoms with Gasteiger partial charge in [0.05, 0.1) is 0 Å². The van der Waals surface area contributed by atoms with Gasteiger partial charge in [-0.3, -0.25) is 5.32 Å². The maximum absolute atomic E-state index is 11.7. The highest BCUT2D eigenvalue weighted by atomic mass is 16.5. The number of benzene rings is 1. The molecule has 1 aromatic carbocycles. The third-order valence-corrected chi connectivity index (χ3v) is 3.10. The van der Waals surface area contributed by atoms with Gasteiger partial charge in [-0.1, -0.05) is 12.1 Å². The van der Waals surface area contributed by atoms with Gasteiger partial charge in [0.1, 0.15) is 11.6 Å². The van der Waals surface area contributed by atoms with Crippen LogP contribution < -0.4 is 15.4 Å². The number of carbonyl (C=O) groups excluding carboxylic acids is 1. The van der Waals surface area contributed by atoms with Crippen LogP contribution in [0.5, 0.6) is 5.75 Å². The molecule has 5 nitrogen and oxygen atoms in total. The van der Waals surface area contributed by atoms with Crippen LogP contribution in [0, 0.1) is 20.8 Å². The first-order valence-electron chi connectivity index (χ1n) is 6.72. The van der Waals surface area contributed by atoms with Crippen molar-refractivity contribution in [3.8, 4) is 5.75 Å². The second kappa shape index (κ2) is 6.74. The van der Waals surface area contributed by atoms with Crippen molar-refractivity contribution in [3.05, 3.63) is 53.2 Å². The Balaban J connectivity index is 1.78. The Hall–Kier alpha value is -2.56. The number of aromatic nitrogens is 1. The van der Waals surface area contributed by atoms with Crippen molar-refractivity contribution in [3.63, 3.8) is 0 Å². The lowest BCUT2D eigenvalue weighted by Crippen LogP contribution is -2.32. The standard InChI is InChI=1S/C16H19N3O2/c1-11-4-7-15(17-9-11)19-16(20)18-10-21-14-6-5-12(2)13(3)8-14/h4-9H,10H2,1-3H3,(H2,17,18,19,20). The van der Waals surface area contributed by atoms with Crippen LogP contribution in [0.2, 0.25) is 0 Å². The second-order valence-electron chi connectivity index (χ2n) is 4.89. The molecule has 2 N–H and O–H groups in total. The molecule has 0 saturated heterocycles. The second-order valence-corrected chi connectivity index (χ2v) is 4.89. The van der Waals surface area contributed by atoms with Crippen molar-refractivity contribution in [1.82, 2.24) is 10.3 Å². The number of carbonyl (C=O) groups is 1. The lowest BCUT2D eigenvalue weighted by atomic mass is 10.1. The molecule has 2 rings (SSSR count). The van der Waals surface area contributed by atoms with Gasteiger partial charge in [0.15, 0.2) is 6.73 Å². The molecule has 110 valence electrons. The van der Waals surface area contributed by atoms with E-state index < -0.39 is 0 Å². The average molecular weight is 285 g/mol. The zero-order valence-electron chi connectivity index (χ0n) is 12.4. The van der Waals surface area contributed by atoms with E-state index in [2.05, 4.69) is 15.6 Å². The predicted octanol–water partition coefficient (Wildman–Crippen LogP) is 3.16. The van der Waals surface area contributed by atoms with E-state index in [1.165, 1.54) is 5.56 Å². The van der Waals surface area contributed by atoms with Gasteiger partial charge >= 0.3 is 6.03 Å². The van der Waals surface area contributed by atoms with Crippen LogP contribution in [0.15, 0.2) is 36.5 Å². The number of hydrogen-bond donors (Lipinski definition) is 2. The minimum atomic E-state index is -0.352. The Bertz CT molecular complexity index is 624. The van der Waals surface area contributed by atoms with Gasteiger partial charge in [-0.25, -0.2) is 9.78 Å². The van der Waals surface area contributed by atoms with E-state index in [-0.39, 0.29) is 12.8 Å². The predicted molar refractivity (Wildman–Crippen MR) is 82.5 cm³/mol. The maximum atomic E-state index is 11.7. The third kappa shape index (κ3) is 4.49. The molecule has 1 aromatic heterocycles. The number of nitrogens with one attached hydrogen (secondary N) is 2. The number of aryl methyl sites for hydroxylation is 3. The SMILES string of the molecule is Cc1ccc(NC(=O)NCOc2ccc(C)c(C)c2)nc1. The number of hydrogen-bond acceptors (Lipinski definition) is 3. The maximum Gasteiger partial charge on any atom is 0.323 e. The van der Waals surface area contributed by atoms with Crippen molar-refractivity contribution in [2.24, 2.45) is 0 Å². The zero-order chi connectivity index (χ0) is 15.2. The fourth-order valence-corrected chi connectivity index (χ4v) is 1.69. The molecule has 0 aliphatic rings. The van der Waals surface area contributed by atoms with Crippen LogP contribution in [-0.2, 0) is 0 Å². The molecule has 0 aliphatic heterocycles. The molecule has 21 heavy (non-hydrogen) atoms. The molecular weight excluding hydrogens is 266 g/mol. The van der Waals surface area contributed by atoms with E-state index in [0.717, 1.165) is 16.9 Å². The van der Waals surface area contributed by atoms with Crippen LogP contribution >= 0.6 is 0 Å². The van der Waals surface area contributed by atoms with Crippen LogP contribution in [0.3, 0.4) is 0 Å². The van der Waals surface area contributed by atoms with Crippen molar-refractivity contribution >= 4 is 11.8 Å². The highest BCUT2D eigenvalue weighted by Gasteiger charge is 2.02. The minimum absolute atomic E-state index is 0.0974. The van der Waals surface area contributed by atoms with E-state index in [4.69, 9.17) is 4.74 Å². The molecule has 1 heterocycles. The van der Waals surface area contributed by atoms with Gasteiger partial charge in [0, 0.05) is 6.20 Å². The Labute approximate surface area is 124 Å². The topological polar surface area (TPSA) is 63.2 Å². The number of urea groups is 1. The summed E-state index contributed by atoms with van der Waals surface area (Å²) in [5.41, 5.74) is 3.40. The number of nitrogens with zero attached hydrogens (tertiary/aromatic N) is 1. The Morgan fingerprint density at radius 3 is 2.62 bits per heavy atom. The Kier molecular flexibility index (Phi) is 4.77. The zero-order valence-corrected chi connectivity index (χ0v) is 12.4. The van der Waals surface area contributed by atoms with E-state index in [1.807, 2.05) is 45.0 Å². The van der Waals surface area contributed by atoms with Crippen LogP contribution in [0.4, 0.5) is 10.6 Å². The van der Waals surface area contributed by atoms with Crippen molar-refractivity contribution in [2.45, 2.75) is 20.8 Å². The summed E-state index contributed by atoms with van der Waals surface area (Å²) < 4.78 is 5.48. The molecule has 0 fully saturated rings. The van der Waals surface area contributed by atoms with Crippen molar-refractivity contribution in [1.29, 1.82) is 0 Å². The number of rotatable bonds is 4. The van der Waals surface area contributed by atoms with Gasteiger partial charge in [-0.05, 0) is 55.7 Å². The first-order chi connectivity index (χ1) is 10.0. The molecule has 0 unspecified atom stereocenters. The van der Waals surface area contributed by atoms with Gasteiger partial charge in [0.25, 0.3) is 0 Å². The molecule has 0 radical (unpaired) electrons. The molecule has 0 atom stereocenters. The fourth-order valence-electron chi connectivity index (χ4n) is 1.69. The molecule has 2 aromatic rings. The molecule has 0 saturated carbocycles. The van der Waals surface area contributed by atoms with E-state index in [9.17, 15) is 4.79 Å². The van der Waals surface area contributed by atoms with E-state index >= 15 is 0 Å². The fraction of sp³-hybridized carbons (Fsp3) is 0.250. The molecule has 0 spiro atoms. The third-order valence-electron chi connectivity index (χ3n) is 3.10. The van der Waals surface area contributed by atoms with Gasteiger partial charge in [-0.15, -0.1) is 0 Å². The lowest BCUT2D eigenvalue weighted by Gasteiger charge is -2.10. The van der Waals surface area contributed by atoms with Gasteiger partial charge < -0.3 is 10.1 Å². The molecule has 0 bridgehead atoms. The van der Waals surface area contributed by atoms with Crippen LogP contribution in [-0.4, -0.2) is 17.7 Å². The number of pyridine rings is 1. The smallest absolute Gasteiger partial charge is 0.323 e. The normalized spacial score (nSPS) is 10.0. The summed E-state index contributed by atoms with van der Waals surface area (Å²) >= 11 is 0. The highest BCUT2D eigenvalue weighted by Crippen LogP contribution is 2.15. The largest absolute Gasteiger partial charge is 0.473 e. The summed E-state index contributed by atoms with van der Waals surface area (Å²) in [6.45, 7) is 6.10. The quantitative estimate of drug-likeness (QED) is 0.848. The van der Waals surface area contributed by atoms with E-state index in [0.29, 0.717) is 5.82 Å². The highest BCUT2D eigenvalue weighted by molar-refractivity contribution is 5.88.